The average Bonchev–Trinajstić information content (AvgIpc) is 2.87. The van der Waals surface area contributed by atoms with Gasteiger partial charge in [-0.1, -0.05) is 11.8 Å². The summed E-state index contributed by atoms with van der Waals surface area (Å²) in [6.07, 6.45) is -3.09. The van der Waals surface area contributed by atoms with E-state index in [1.54, 1.807) is 0 Å². The SMILES string of the molecule is CC(=O)SCCNC(=O)[C@@H]1CCCN1.O=C(O)C(F)(F)F. The Balaban J connectivity index is 0.000000486. The Kier molecular flexibility index (Phi) is 9.02. The van der Waals surface area contributed by atoms with Crippen LogP contribution in [0, 0.1) is 0 Å². The fourth-order valence-electron chi connectivity index (χ4n) is 1.40. The Morgan fingerprint density at radius 1 is 1.38 bits per heavy atom. The first-order valence-electron chi connectivity index (χ1n) is 6.09. The van der Waals surface area contributed by atoms with E-state index >= 15 is 0 Å². The van der Waals surface area contributed by atoms with Gasteiger partial charge in [0.25, 0.3) is 0 Å². The van der Waals surface area contributed by atoms with Crippen molar-refractivity contribution in [2.24, 2.45) is 0 Å². The lowest BCUT2D eigenvalue weighted by Gasteiger charge is -2.10. The van der Waals surface area contributed by atoms with Crippen LogP contribution in [0.1, 0.15) is 19.8 Å². The fourth-order valence-corrected chi connectivity index (χ4v) is 1.89. The molecule has 3 N–H and O–H groups in total. The molecule has 0 radical (unpaired) electrons. The number of alkyl halides is 3. The molecular formula is C11H17F3N2O4S. The van der Waals surface area contributed by atoms with Gasteiger partial charge in [-0.25, -0.2) is 4.79 Å². The van der Waals surface area contributed by atoms with Gasteiger partial charge in [-0.3, -0.25) is 9.59 Å². The van der Waals surface area contributed by atoms with E-state index in [0.717, 1.165) is 19.4 Å². The van der Waals surface area contributed by atoms with E-state index < -0.39 is 12.1 Å². The van der Waals surface area contributed by atoms with Gasteiger partial charge in [-0.2, -0.15) is 13.2 Å². The summed E-state index contributed by atoms with van der Waals surface area (Å²) in [5.74, 6) is -2.03. The maximum atomic E-state index is 11.4. The third-order valence-electron chi connectivity index (χ3n) is 2.33. The van der Waals surface area contributed by atoms with Gasteiger partial charge in [0.2, 0.25) is 5.91 Å². The Labute approximate surface area is 123 Å². The van der Waals surface area contributed by atoms with E-state index in [1.165, 1.54) is 18.7 Å². The summed E-state index contributed by atoms with van der Waals surface area (Å²) >= 11 is 1.24. The van der Waals surface area contributed by atoms with Crippen LogP contribution in [-0.4, -0.2) is 53.2 Å². The third-order valence-corrected chi connectivity index (χ3v) is 3.14. The molecule has 0 aromatic carbocycles. The smallest absolute Gasteiger partial charge is 0.475 e. The van der Waals surface area contributed by atoms with Gasteiger partial charge in [0.1, 0.15) is 0 Å². The van der Waals surface area contributed by atoms with E-state index in [4.69, 9.17) is 9.90 Å². The number of carboxylic acids is 1. The second-order valence-electron chi connectivity index (χ2n) is 4.08. The minimum Gasteiger partial charge on any atom is -0.475 e. The monoisotopic (exact) mass is 330 g/mol. The Bertz CT molecular complexity index is 371. The van der Waals surface area contributed by atoms with E-state index in [-0.39, 0.29) is 17.1 Å². The molecule has 1 aliphatic heterocycles. The predicted molar refractivity (Wildman–Crippen MR) is 70.9 cm³/mol. The zero-order valence-corrected chi connectivity index (χ0v) is 12.1. The molecule has 0 spiro atoms. The number of halogens is 3. The molecular weight excluding hydrogens is 313 g/mol. The van der Waals surface area contributed by atoms with Gasteiger partial charge < -0.3 is 15.7 Å². The van der Waals surface area contributed by atoms with Gasteiger partial charge in [-0.05, 0) is 19.4 Å². The second kappa shape index (κ2) is 9.61. The highest BCUT2D eigenvalue weighted by molar-refractivity contribution is 8.13. The number of hydrogen-bond acceptors (Lipinski definition) is 5. The summed E-state index contributed by atoms with van der Waals surface area (Å²) in [4.78, 5) is 30.9. The zero-order valence-electron chi connectivity index (χ0n) is 11.3. The Hall–Kier alpha value is -1.29. The average molecular weight is 330 g/mol. The topological polar surface area (TPSA) is 95.5 Å². The summed E-state index contributed by atoms with van der Waals surface area (Å²) < 4.78 is 31.7. The molecule has 10 heteroatoms. The van der Waals surface area contributed by atoms with Crippen LogP contribution in [0.4, 0.5) is 13.2 Å². The van der Waals surface area contributed by atoms with Crippen LogP contribution in [0.15, 0.2) is 0 Å². The summed E-state index contributed by atoms with van der Waals surface area (Å²) in [5.41, 5.74) is 0. The minimum atomic E-state index is -5.08. The van der Waals surface area contributed by atoms with Crippen LogP contribution in [-0.2, 0) is 14.4 Å². The first kappa shape index (κ1) is 19.7. The lowest BCUT2D eigenvalue weighted by Crippen LogP contribution is -2.41. The largest absolute Gasteiger partial charge is 0.490 e. The molecule has 0 saturated carbocycles. The molecule has 1 fully saturated rings. The first-order valence-corrected chi connectivity index (χ1v) is 7.07. The van der Waals surface area contributed by atoms with Crippen molar-refractivity contribution in [3.63, 3.8) is 0 Å². The molecule has 122 valence electrons. The lowest BCUT2D eigenvalue weighted by atomic mass is 10.2. The summed E-state index contributed by atoms with van der Waals surface area (Å²) in [6.45, 7) is 3.03. The first-order chi connectivity index (χ1) is 9.64. The van der Waals surface area contributed by atoms with Gasteiger partial charge >= 0.3 is 12.1 Å². The van der Waals surface area contributed by atoms with Gasteiger partial charge in [0.15, 0.2) is 5.12 Å². The second-order valence-corrected chi connectivity index (χ2v) is 5.35. The maximum Gasteiger partial charge on any atom is 0.490 e. The lowest BCUT2D eigenvalue weighted by molar-refractivity contribution is -0.192. The van der Waals surface area contributed by atoms with Crippen LogP contribution in [0.5, 0.6) is 0 Å². The van der Waals surface area contributed by atoms with E-state index in [1.807, 2.05) is 0 Å². The zero-order chi connectivity index (χ0) is 16.5. The van der Waals surface area contributed by atoms with Crippen LogP contribution < -0.4 is 10.6 Å². The summed E-state index contributed by atoms with van der Waals surface area (Å²) in [6, 6.07) is -0.0164. The van der Waals surface area contributed by atoms with Gasteiger partial charge in [0.05, 0.1) is 6.04 Å². The van der Waals surface area contributed by atoms with Crippen molar-refractivity contribution in [3.8, 4) is 0 Å². The van der Waals surface area contributed by atoms with Crippen LogP contribution in [0.25, 0.3) is 0 Å². The molecule has 0 unspecified atom stereocenters. The molecule has 1 heterocycles. The minimum absolute atomic E-state index is 0.0164. The van der Waals surface area contributed by atoms with Crippen molar-refractivity contribution >= 4 is 28.8 Å². The molecule has 1 amide bonds. The molecule has 1 atom stereocenters. The van der Waals surface area contributed by atoms with Gasteiger partial charge in [0, 0.05) is 19.2 Å². The normalized spacial score (nSPS) is 17.6. The van der Waals surface area contributed by atoms with E-state index in [0.29, 0.717) is 12.3 Å². The van der Waals surface area contributed by atoms with E-state index in [2.05, 4.69) is 10.6 Å². The Morgan fingerprint density at radius 2 is 1.95 bits per heavy atom. The van der Waals surface area contributed by atoms with Crippen LogP contribution in [0.3, 0.4) is 0 Å². The highest BCUT2D eigenvalue weighted by Gasteiger charge is 2.38. The number of nitrogens with one attached hydrogen (secondary N) is 2. The highest BCUT2D eigenvalue weighted by Crippen LogP contribution is 2.13. The van der Waals surface area contributed by atoms with Crippen molar-refractivity contribution in [1.82, 2.24) is 10.6 Å². The molecule has 1 saturated heterocycles. The van der Waals surface area contributed by atoms with Crippen LogP contribution in [0.2, 0.25) is 0 Å². The van der Waals surface area contributed by atoms with Crippen molar-refractivity contribution in [2.75, 3.05) is 18.8 Å². The molecule has 0 aromatic rings. The van der Waals surface area contributed by atoms with Crippen molar-refractivity contribution in [2.45, 2.75) is 32.0 Å². The molecule has 21 heavy (non-hydrogen) atoms. The molecule has 0 aromatic heterocycles. The fraction of sp³-hybridized carbons (Fsp3) is 0.727. The number of rotatable bonds is 4. The molecule has 1 aliphatic rings. The summed E-state index contributed by atoms with van der Waals surface area (Å²) in [5, 5.41) is 13.1. The Morgan fingerprint density at radius 3 is 2.33 bits per heavy atom. The standard InChI is InChI=1S/C9H16N2O2S.C2HF3O2/c1-7(12)14-6-5-11-9(13)8-3-2-4-10-8;3-2(4,5)1(6)7/h8,10H,2-6H2,1H3,(H,11,13);(H,6,7)/t8-;/m0./s1. The summed E-state index contributed by atoms with van der Waals surface area (Å²) in [7, 11) is 0. The number of thioether (sulfide) groups is 1. The quantitative estimate of drug-likeness (QED) is 0.659. The molecule has 0 bridgehead atoms. The molecule has 6 nitrogen and oxygen atoms in total. The molecule has 0 aliphatic carbocycles. The van der Waals surface area contributed by atoms with Crippen molar-refractivity contribution in [3.05, 3.63) is 0 Å². The number of amides is 1. The van der Waals surface area contributed by atoms with E-state index in [9.17, 15) is 22.8 Å². The predicted octanol–water partition coefficient (Wildman–Crippen LogP) is 0.768. The number of carboxylic acid groups (broad SMARTS) is 1. The third kappa shape index (κ3) is 10.1. The van der Waals surface area contributed by atoms with Crippen molar-refractivity contribution < 1.29 is 32.7 Å². The van der Waals surface area contributed by atoms with Gasteiger partial charge in [-0.15, -0.1) is 0 Å². The highest BCUT2D eigenvalue weighted by atomic mass is 32.2. The number of carbonyl (C=O) groups is 3. The number of hydrogen-bond donors (Lipinski definition) is 3. The number of aliphatic carboxylic acids is 1. The van der Waals surface area contributed by atoms with Crippen molar-refractivity contribution in [1.29, 1.82) is 0 Å². The maximum absolute atomic E-state index is 11.4. The number of carbonyl (C=O) groups excluding carboxylic acids is 2. The van der Waals surface area contributed by atoms with Crippen LogP contribution >= 0.6 is 11.8 Å². The molecule has 1 rings (SSSR count).